The van der Waals surface area contributed by atoms with Crippen molar-refractivity contribution >= 4 is 5.91 Å². The Morgan fingerprint density at radius 3 is 2.55 bits per heavy atom. The molecule has 0 spiro atoms. The van der Waals surface area contributed by atoms with Gasteiger partial charge in [0.1, 0.15) is 0 Å². The molecule has 22 heavy (non-hydrogen) atoms. The molecule has 0 aliphatic heterocycles. The molecular weight excluding hydrogens is 282 g/mol. The van der Waals surface area contributed by atoms with Gasteiger partial charge in [0.15, 0.2) is 11.5 Å². The van der Waals surface area contributed by atoms with E-state index < -0.39 is 0 Å². The van der Waals surface area contributed by atoms with Crippen LogP contribution in [0, 0.1) is 5.92 Å². The number of ether oxygens (including phenoxy) is 3. The van der Waals surface area contributed by atoms with Gasteiger partial charge in [-0.2, -0.15) is 0 Å². The molecule has 1 aromatic rings. The van der Waals surface area contributed by atoms with Crippen molar-refractivity contribution in [2.45, 2.75) is 25.2 Å². The number of carbonyl (C=O) groups excluding carboxylic acids is 1. The Labute approximate surface area is 131 Å². The quantitative estimate of drug-likeness (QED) is 0.712. The Morgan fingerprint density at radius 2 is 1.95 bits per heavy atom. The van der Waals surface area contributed by atoms with Crippen LogP contribution < -0.4 is 14.8 Å². The molecule has 5 heteroatoms. The molecule has 0 aromatic heterocycles. The largest absolute Gasteiger partial charge is 0.493 e. The highest BCUT2D eigenvalue weighted by molar-refractivity contribution is 5.77. The maximum absolute atomic E-state index is 12.1. The van der Waals surface area contributed by atoms with Crippen LogP contribution in [0.5, 0.6) is 11.5 Å². The minimum Gasteiger partial charge on any atom is -0.493 e. The van der Waals surface area contributed by atoms with Crippen molar-refractivity contribution in [2.24, 2.45) is 5.92 Å². The smallest absolute Gasteiger partial charge is 0.220 e. The third kappa shape index (κ3) is 4.37. The number of benzene rings is 1. The summed E-state index contributed by atoms with van der Waals surface area (Å²) >= 11 is 0. The molecule has 1 aliphatic carbocycles. The van der Waals surface area contributed by atoms with E-state index in [-0.39, 0.29) is 11.8 Å². The van der Waals surface area contributed by atoms with Crippen molar-refractivity contribution in [3.05, 3.63) is 23.8 Å². The fourth-order valence-corrected chi connectivity index (χ4v) is 2.70. The number of nitrogens with one attached hydrogen (secondary N) is 1. The third-order valence-corrected chi connectivity index (χ3v) is 4.06. The fourth-order valence-electron chi connectivity index (χ4n) is 2.70. The van der Waals surface area contributed by atoms with E-state index >= 15 is 0 Å². The zero-order chi connectivity index (χ0) is 15.9. The molecule has 2 rings (SSSR count). The van der Waals surface area contributed by atoms with E-state index in [9.17, 15) is 4.79 Å². The molecule has 1 unspecified atom stereocenters. The van der Waals surface area contributed by atoms with Crippen LogP contribution in [0.4, 0.5) is 0 Å². The molecule has 1 aliphatic rings. The normalized spacial score (nSPS) is 15.2. The maximum atomic E-state index is 12.1. The summed E-state index contributed by atoms with van der Waals surface area (Å²) in [5, 5.41) is 2.90. The van der Waals surface area contributed by atoms with Crippen molar-refractivity contribution in [3.63, 3.8) is 0 Å². The predicted molar refractivity (Wildman–Crippen MR) is 84.5 cm³/mol. The van der Waals surface area contributed by atoms with Crippen LogP contribution in [-0.2, 0) is 9.53 Å². The number of hydrogen-bond acceptors (Lipinski definition) is 4. The molecule has 1 atom stereocenters. The number of carbonyl (C=O) groups is 1. The van der Waals surface area contributed by atoms with Gasteiger partial charge in [-0.1, -0.05) is 6.07 Å². The zero-order valence-corrected chi connectivity index (χ0v) is 13.6. The summed E-state index contributed by atoms with van der Waals surface area (Å²) in [7, 11) is 4.88. The molecule has 1 amide bonds. The minimum absolute atomic E-state index is 0.0729. The van der Waals surface area contributed by atoms with Crippen molar-refractivity contribution < 1.29 is 19.0 Å². The number of amides is 1. The first kappa shape index (κ1) is 16.6. The fraction of sp³-hybridized carbons (Fsp3) is 0.588. The van der Waals surface area contributed by atoms with Crippen molar-refractivity contribution in [1.82, 2.24) is 5.32 Å². The lowest BCUT2D eigenvalue weighted by Crippen LogP contribution is -2.28. The molecule has 1 N–H and O–H groups in total. The van der Waals surface area contributed by atoms with E-state index in [1.54, 1.807) is 21.3 Å². The van der Waals surface area contributed by atoms with Gasteiger partial charge in [0.2, 0.25) is 5.91 Å². The molecule has 0 bridgehead atoms. The van der Waals surface area contributed by atoms with Crippen molar-refractivity contribution in [3.8, 4) is 11.5 Å². The van der Waals surface area contributed by atoms with Crippen molar-refractivity contribution in [1.29, 1.82) is 0 Å². The van der Waals surface area contributed by atoms with Gasteiger partial charge in [-0.25, -0.2) is 0 Å². The summed E-state index contributed by atoms with van der Waals surface area (Å²) in [6.07, 6.45) is 2.87. The first-order chi connectivity index (χ1) is 10.7. The topological polar surface area (TPSA) is 56.8 Å². The van der Waals surface area contributed by atoms with E-state index in [1.807, 2.05) is 18.2 Å². The first-order valence-corrected chi connectivity index (χ1v) is 7.67. The monoisotopic (exact) mass is 307 g/mol. The van der Waals surface area contributed by atoms with Gasteiger partial charge < -0.3 is 19.5 Å². The summed E-state index contributed by atoms with van der Waals surface area (Å²) in [4.78, 5) is 12.1. The lowest BCUT2D eigenvalue weighted by Gasteiger charge is -2.18. The highest BCUT2D eigenvalue weighted by Gasteiger charge is 2.34. The highest BCUT2D eigenvalue weighted by Crippen LogP contribution is 2.46. The summed E-state index contributed by atoms with van der Waals surface area (Å²) < 4.78 is 15.6. The molecule has 5 nitrogen and oxygen atoms in total. The van der Waals surface area contributed by atoms with Crippen LogP contribution in [0.2, 0.25) is 0 Å². The Balaban J connectivity index is 2.06. The third-order valence-electron chi connectivity index (χ3n) is 4.06. The number of methoxy groups -OCH3 is 3. The van der Waals surface area contributed by atoms with Gasteiger partial charge in [-0.3, -0.25) is 4.79 Å². The standard InChI is InChI=1S/C17H25NO4/c1-20-9-8-18-17(19)11-14(12-4-5-12)13-6-7-15(21-2)16(10-13)22-3/h6-7,10,12,14H,4-5,8-9,11H2,1-3H3,(H,18,19). The molecule has 0 radical (unpaired) electrons. The Morgan fingerprint density at radius 1 is 1.23 bits per heavy atom. The molecule has 1 aromatic carbocycles. The summed E-state index contributed by atoms with van der Waals surface area (Å²) in [5.41, 5.74) is 1.14. The van der Waals surface area contributed by atoms with Crippen LogP contribution >= 0.6 is 0 Å². The minimum atomic E-state index is 0.0729. The van der Waals surface area contributed by atoms with Gasteiger partial charge in [0.25, 0.3) is 0 Å². The van der Waals surface area contributed by atoms with E-state index in [0.29, 0.717) is 37.0 Å². The van der Waals surface area contributed by atoms with Crippen LogP contribution in [-0.4, -0.2) is 40.4 Å². The molecule has 0 saturated heterocycles. The van der Waals surface area contributed by atoms with E-state index in [0.717, 1.165) is 5.56 Å². The predicted octanol–water partition coefficient (Wildman–Crippen LogP) is 2.35. The van der Waals surface area contributed by atoms with Crippen LogP contribution in [0.15, 0.2) is 18.2 Å². The van der Waals surface area contributed by atoms with E-state index in [1.165, 1.54) is 12.8 Å². The van der Waals surface area contributed by atoms with Crippen LogP contribution in [0.1, 0.15) is 30.7 Å². The van der Waals surface area contributed by atoms with Gasteiger partial charge in [-0.05, 0) is 42.4 Å². The lowest BCUT2D eigenvalue weighted by molar-refractivity contribution is -0.121. The SMILES string of the molecule is COCCNC(=O)CC(c1ccc(OC)c(OC)c1)C1CC1. The van der Waals surface area contributed by atoms with Crippen molar-refractivity contribution in [2.75, 3.05) is 34.5 Å². The molecule has 0 heterocycles. The second-order valence-electron chi connectivity index (χ2n) is 5.61. The summed E-state index contributed by atoms with van der Waals surface area (Å²) in [6.45, 7) is 1.09. The second-order valence-corrected chi connectivity index (χ2v) is 5.61. The van der Waals surface area contributed by atoms with Gasteiger partial charge in [0.05, 0.1) is 20.8 Å². The van der Waals surface area contributed by atoms with Gasteiger partial charge >= 0.3 is 0 Å². The molecule has 1 fully saturated rings. The van der Waals surface area contributed by atoms with E-state index in [2.05, 4.69) is 5.32 Å². The van der Waals surface area contributed by atoms with Crippen LogP contribution in [0.3, 0.4) is 0 Å². The molecule has 122 valence electrons. The Hall–Kier alpha value is -1.75. The number of rotatable bonds is 9. The highest BCUT2D eigenvalue weighted by atomic mass is 16.5. The average molecular weight is 307 g/mol. The molecule has 1 saturated carbocycles. The maximum Gasteiger partial charge on any atom is 0.220 e. The average Bonchev–Trinajstić information content (AvgIpc) is 3.37. The van der Waals surface area contributed by atoms with Gasteiger partial charge in [0, 0.05) is 20.1 Å². The summed E-state index contributed by atoms with van der Waals surface area (Å²) in [6, 6.07) is 5.93. The Bertz CT molecular complexity index is 499. The van der Waals surface area contributed by atoms with Crippen LogP contribution in [0.25, 0.3) is 0 Å². The zero-order valence-electron chi connectivity index (χ0n) is 13.6. The second kappa shape index (κ2) is 8.03. The number of hydrogen-bond donors (Lipinski definition) is 1. The van der Waals surface area contributed by atoms with Gasteiger partial charge in [-0.15, -0.1) is 0 Å². The summed E-state index contributed by atoms with van der Waals surface area (Å²) in [5.74, 6) is 2.33. The Kier molecular flexibility index (Phi) is 6.07. The first-order valence-electron chi connectivity index (χ1n) is 7.67. The molecular formula is C17H25NO4. The lowest BCUT2D eigenvalue weighted by atomic mass is 9.90. The van der Waals surface area contributed by atoms with E-state index in [4.69, 9.17) is 14.2 Å².